The highest BCUT2D eigenvalue weighted by Crippen LogP contribution is 2.26. The molecule has 1 N–H and O–H groups in total. The van der Waals surface area contributed by atoms with E-state index in [0.717, 1.165) is 23.7 Å². The fourth-order valence-corrected chi connectivity index (χ4v) is 2.92. The molecule has 116 valence electrons. The van der Waals surface area contributed by atoms with Gasteiger partial charge in [-0.3, -0.25) is 0 Å². The molecule has 0 aliphatic heterocycles. The average molecular weight is 297 g/mol. The maximum Gasteiger partial charge on any atom is 0.141 e. The molecule has 0 atom stereocenters. The Morgan fingerprint density at radius 3 is 2.68 bits per heavy atom. The number of methoxy groups -OCH3 is 1. The highest BCUT2D eigenvalue weighted by molar-refractivity contribution is 5.56. The number of anilines is 1. The van der Waals surface area contributed by atoms with Crippen molar-refractivity contribution in [3.63, 3.8) is 0 Å². The van der Waals surface area contributed by atoms with Crippen LogP contribution < -0.4 is 14.8 Å². The predicted octanol–water partition coefficient (Wildman–Crippen LogP) is 4.63. The van der Waals surface area contributed by atoms with E-state index in [1.807, 2.05) is 30.3 Å². The van der Waals surface area contributed by atoms with E-state index in [1.54, 1.807) is 7.11 Å². The van der Waals surface area contributed by atoms with Crippen LogP contribution in [0.15, 0.2) is 48.5 Å². The van der Waals surface area contributed by atoms with Crippen LogP contribution in [0.2, 0.25) is 0 Å². The lowest BCUT2D eigenvalue weighted by atomic mass is 10.2. The number of benzene rings is 2. The summed E-state index contributed by atoms with van der Waals surface area (Å²) in [6.07, 6.45) is 5.35. The molecule has 0 aromatic heterocycles. The minimum Gasteiger partial charge on any atom is -0.495 e. The highest BCUT2D eigenvalue weighted by atomic mass is 16.5. The Kier molecular flexibility index (Phi) is 4.84. The molecule has 0 unspecified atom stereocenters. The largest absolute Gasteiger partial charge is 0.495 e. The van der Waals surface area contributed by atoms with Crippen molar-refractivity contribution in [2.24, 2.45) is 0 Å². The quantitative estimate of drug-likeness (QED) is 0.843. The van der Waals surface area contributed by atoms with Gasteiger partial charge in [0, 0.05) is 6.54 Å². The molecule has 0 spiro atoms. The molecular formula is C19H23NO2. The molecule has 3 heteroatoms. The van der Waals surface area contributed by atoms with Crippen molar-refractivity contribution < 1.29 is 9.47 Å². The van der Waals surface area contributed by atoms with Crippen molar-refractivity contribution in [3.8, 4) is 11.5 Å². The van der Waals surface area contributed by atoms with E-state index in [4.69, 9.17) is 9.47 Å². The monoisotopic (exact) mass is 297 g/mol. The third kappa shape index (κ3) is 3.73. The highest BCUT2D eigenvalue weighted by Gasteiger charge is 2.16. The molecule has 2 aromatic rings. The molecule has 0 heterocycles. The van der Waals surface area contributed by atoms with E-state index in [0.29, 0.717) is 6.10 Å². The SMILES string of the molecule is COc1ccccc1NCc1cccc(OC2CCCC2)c1. The van der Waals surface area contributed by atoms with Crippen LogP contribution >= 0.6 is 0 Å². The summed E-state index contributed by atoms with van der Waals surface area (Å²) in [4.78, 5) is 0. The lowest BCUT2D eigenvalue weighted by Gasteiger charge is -2.15. The smallest absolute Gasteiger partial charge is 0.141 e. The molecule has 0 radical (unpaired) electrons. The summed E-state index contributed by atoms with van der Waals surface area (Å²) in [5, 5.41) is 3.42. The van der Waals surface area contributed by atoms with Gasteiger partial charge in [-0.05, 0) is 55.5 Å². The number of para-hydroxylation sites is 2. The Labute approximate surface area is 132 Å². The Morgan fingerprint density at radius 1 is 1.05 bits per heavy atom. The van der Waals surface area contributed by atoms with Gasteiger partial charge in [0.2, 0.25) is 0 Å². The topological polar surface area (TPSA) is 30.5 Å². The van der Waals surface area contributed by atoms with E-state index < -0.39 is 0 Å². The van der Waals surface area contributed by atoms with Crippen molar-refractivity contribution in [1.29, 1.82) is 0 Å². The van der Waals surface area contributed by atoms with Crippen LogP contribution in [0.1, 0.15) is 31.2 Å². The van der Waals surface area contributed by atoms with Gasteiger partial charge in [-0.2, -0.15) is 0 Å². The van der Waals surface area contributed by atoms with E-state index in [1.165, 1.54) is 31.2 Å². The molecule has 3 rings (SSSR count). The molecule has 22 heavy (non-hydrogen) atoms. The van der Waals surface area contributed by atoms with E-state index in [9.17, 15) is 0 Å². The number of hydrogen-bond acceptors (Lipinski definition) is 3. The van der Waals surface area contributed by atoms with Gasteiger partial charge in [0.15, 0.2) is 0 Å². The van der Waals surface area contributed by atoms with Crippen LogP contribution in [-0.2, 0) is 6.54 Å². The Balaban J connectivity index is 1.62. The number of ether oxygens (including phenoxy) is 2. The summed E-state index contributed by atoms with van der Waals surface area (Å²) in [7, 11) is 1.69. The number of rotatable bonds is 6. The van der Waals surface area contributed by atoms with Crippen LogP contribution in [0.25, 0.3) is 0 Å². The third-order valence-electron chi connectivity index (χ3n) is 4.09. The van der Waals surface area contributed by atoms with E-state index >= 15 is 0 Å². The van der Waals surface area contributed by atoms with Crippen LogP contribution in [0.4, 0.5) is 5.69 Å². The van der Waals surface area contributed by atoms with Gasteiger partial charge >= 0.3 is 0 Å². The van der Waals surface area contributed by atoms with Gasteiger partial charge in [0.1, 0.15) is 11.5 Å². The van der Waals surface area contributed by atoms with Crippen molar-refractivity contribution in [3.05, 3.63) is 54.1 Å². The lowest BCUT2D eigenvalue weighted by molar-refractivity contribution is 0.210. The van der Waals surface area contributed by atoms with Crippen LogP contribution in [0.3, 0.4) is 0 Å². The van der Waals surface area contributed by atoms with Crippen molar-refractivity contribution >= 4 is 5.69 Å². The molecule has 1 fully saturated rings. The Bertz CT molecular complexity index is 606. The minimum atomic E-state index is 0.400. The maximum absolute atomic E-state index is 6.06. The van der Waals surface area contributed by atoms with Crippen molar-refractivity contribution in [1.82, 2.24) is 0 Å². The summed E-state index contributed by atoms with van der Waals surface area (Å²) in [6.45, 7) is 0.752. The standard InChI is InChI=1S/C19H23NO2/c1-21-19-12-5-4-11-18(19)20-14-15-7-6-10-17(13-15)22-16-8-2-3-9-16/h4-7,10-13,16,20H,2-3,8-9,14H2,1H3. The second-order valence-corrected chi connectivity index (χ2v) is 5.73. The van der Waals surface area contributed by atoms with Gasteiger partial charge in [0.25, 0.3) is 0 Å². The summed E-state index contributed by atoms with van der Waals surface area (Å²) in [5.74, 6) is 1.84. The summed E-state index contributed by atoms with van der Waals surface area (Å²) in [6, 6.07) is 16.3. The van der Waals surface area contributed by atoms with E-state index in [2.05, 4.69) is 23.5 Å². The van der Waals surface area contributed by atoms with Gasteiger partial charge < -0.3 is 14.8 Å². The second-order valence-electron chi connectivity index (χ2n) is 5.73. The summed E-state index contributed by atoms with van der Waals surface area (Å²) in [5.41, 5.74) is 2.22. The normalized spacial score (nSPS) is 14.8. The van der Waals surface area contributed by atoms with Crippen molar-refractivity contribution in [2.45, 2.75) is 38.3 Å². The predicted molar refractivity (Wildman–Crippen MR) is 89.6 cm³/mol. The molecule has 0 saturated heterocycles. The molecule has 1 saturated carbocycles. The second kappa shape index (κ2) is 7.21. The zero-order valence-corrected chi connectivity index (χ0v) is 13.0. The summed E-state index contributed by atoms with van der Waals surface area (Å²) < 4.78 is 11.4. The van der Waals surface area contributed by atoms with Crippen LogP contribution in [0.5, 0.6) is 11.5 Å². The average Bonchev–Trinajstić information content (AvgIpc) is 3.06. The molecule has 0 amide bonds. The molecule has 0 bridgehead atoms. The molecule has 1 aliphatic rings. The fraction of sp³-hybridized carbons (Fsp3) is 0.368. The Morgan fingerprint density at radius 2 is 1.86 bits per heavy atom. The zero-order valence-electron chi connectivity index (χ0n) is 13.0. The molecular weight excluding hydrogens is 274 g/mol. The molecule has 3 nitrogen and oxygen atoms in total. The molecule has 1 aliphatic carbocycles. The van der Waals surface area contributed by atoms with Crippen LogP contribution in [0, 0.1) is 0 Å². The fourth-order valence-electron chi connectivity index (χ4n) is 2.92. The van der Waals surface area contributed by atoms with Gasteiger partial charge in [-0.25, -0.2) is 0 Å². The Hall–Kier alpha value is -2.16. The summed E-state index contributed by atoms with van der Waals surface area (Å²) >= 11 is 0. The molecule has 2 aromatic carbocycles. The first-order valence-corrected chi connectivity index (χ1v) is 7.97. The van der Waals surface area contributed by atoms with Gasteiger partial charge in [-0.15, -0.1) is 0 Å². The first-order chi connectivity index (χ1) is 10.8. The van der Waals surface area contributed by atoms with Crippen LogP contribution in [-0.4, -0.2) is 13.2 Å². The first-order valence-electron chi connectivity index (χ1n) is 7.97. The minimum absolute atomic E-state index is 0.400. The maximum atomic E-state index is 6.06. The van der Waals surface area contributed by atoms with Gasteiger partial charge in [-0.1, -0.05) is 24.3 Å². The van der Waals surface area contributed by atoms with Crippen molar-refractivity contribution in [2.75, 3.05) is 12.4 Å². The van der Waals surface area contributed by atoms with E-state index in [-0.39, 0.29) is 0 Å². The number of hydrogen-bond donors (Lipinski definition) is 1. The third-order valence-corrected chi connectivity index (χ3v) is 4.09. The lowest BCUT2D eigenvalue weighted by Crippen LogP contribution is -2.11. The first kappa shape index (κ1) is 14.8. The number of nitrogens with one attached hydrogen (secondary N) is 1. The zero-order chi connectivity index (χ0) is 15.2. The van der Waals surface area contributed by atoms with Gasteiger partial charge in [0.05, 0.1) is 18.9 Å².